The van der Waals surface area contributed by atoms with Crippen LogP contribution in [-0.2, 0) is 9.53 Å². The number of carbonyl (C=O) groups excluding carboxylic acids is 1. The van der Waals surface area contributed by atoms with E-state index in [1.807, 2.05) is 4.90 Å². The van der Waals surface area contributed by atoms with Crippen molar-refractivity contribution in [1.29, 1.82) is 0 Å². The third kappa shape index (κ3) is 1.25. The van der Waals surface area contributed by atoms with Gasteiger partial charge in [0.1, 0.15) is 6.10 Å². The first kappa shape index (κ1) is 7.10. The van der Waals surface area contributed by atoms with Crippen LogP contribution in [0.15, 0.2) is 0 Å². The summed E-state index contributed by atoms with van der Waals surface area (Å²) in [5, 5.41) is 0. The number of hydrogen-bond donors (Lipinski definition) is 0. The van der Waals surface area contributed by atoms with Gasteiger partial charge in [-0.2, -0.15) is 0 Å². The van der Waals surface area contributed by atoms with Crippen LogP contribution in [0.4, 0.5) is 0 Å². The maximum Gasteiger partial charge on any atom is 0.251 e. The number of likely N-dealkylation sites (tertiary alicyclic amines) is 1. The minimum absolute atomic E-state index is 0.102. The zero-order valence-electron chi connectivity index (χ0n) is 6.58. The third-order valence-corrected chi connectivity index (χ3v) is 2.37. The molecule has 2 rings (SSSR count). The van der Waals surface area contributed by atoms with Crippen LogP contribution in [0.2, 0.25) is 0 Å². The zero-order valence-corrected chi connectivity index (χ0v) is 6.58. The van der Waals surface area contributed by atoms with Gasteiger partial charge in [0.25, 0.3) is 5.91 Å². The molecule has 0 aliphatic carbocycles. The summed E-state index contributed by atoms with van der Waals surface area (Å²) >= 11 is 0. The highest BCUT2D eigenvalue weighted by molar-refractivity contribution is 5.81. The molecule has 0 N–H and O–H groups in total. The standard InChI is InChI=1S/C8H13NO2/c10-8(9-4-2-5-9)7-3-1-6-11-7/h7H,1-6H2/t7-/m0/s1. The van der Waals surface area contributed by atoms with E-state index in [1.54, 1.807) is 0 Å². The summed E-state index contributed by atoms with van der Waals surface area (Å²) in [4.78, 5) is 13.3. The molecule has 0 aromatic rings. The molecule has 0 aromatic heterocycles. The minimum Gasteiger partial charge on any atom is -0.368 e. The lowest BCUT2D eigenvalue weighted by Gasteiger charge is -2.32. The van der Waals surface area contributed by atoms with Crippen molar-refractivity contribution in [2.75, 3.05) is 19.7 Å². The molecular weight excluding hydrogens is 142 g/mol. The maximum atomic E-state index is 11.4. The highest BCUT2D eigenvalue weighted by Gasteiger charge is 2.30. The number of ether oxygens (including phenoxy) is 1. The van der Waals surface area contributed by atoms with Gasteiger partial charge in [-0.05, 0) is 19.3 Å². The summed E-state index contributed by atoms with van der Waals surface area (Å²) in [5.41, 5.74) is 0. The SMILES string of the molecule is O=C([C@@H]1CCCO1)N1CCC1. The van der Waals surface area contributed by atoms with E-state index in [4.69, 9.17) is 4.74 Å². The van der Waals surface area contributed by atoms with Gasteiger partial charge in [-0.3, -0.25) is 4.79 Å². The van der Waals surface area contributed by atoms with Gasteiger partial charge in [0.15, 0.2) is 0 Å². The number of hydrogen-bond acceptors (Lipinski definition) is 2. The molecule has 0 spiro atoms. The van der Waals surface area contributed by atoms with Crippen molar-refractivity contribution >= 4 is 5.91 Å². The molecule has 0 saturated carbocycles. The Labute approximate surface area is 66.3 Å². The number of amides is 1. The van der Waals surface area contributed by atoms with Crippen molar-refractivity contribution in [2.45, 2.75) is 25.4 Å². The van der Waals surface area contributed by atoms with Crippen LogP contribution in [0.5, 0.6) is 0 Å². The fraction of sp³-hybridized carbons (Fsp3) is 0.875. The highest BCUT2D eigenvalue weighted by atomic mass is 16.5. The van der Waals surface area contributed by atoms with Crippen LogP contribution in [0.25, 0.3) is 0 Å². The van der Waals surface area contributed by atoms with Crippen LogP contribution < -0.4 is 0 Å². The Morgan fingerprint density at radius 1 is 1.36 bits per heavy atom. The molecule has 0 bridgehead atoms. The van der Waals surface area contributed by atoms with Gasteiger partial charge in [-0.1, -0.05) is 0 Å². The molecule has 2 fully saturated rings. The summed E-state index contributed by atoms with van der Waals surface area (Å²) in [6, 6.07) is 0. The van der Waals surface area contributed by atoms with E-state index >= 15 is 0 Å². The van der Waals surface area contributed by atoms with Crippen LogP contribution >= 0.6 is 0 Å². The Morgan fingerprint density at radius 3 is 2.64 bits per heavy atom. The molecule has 2 saturated heterocycles. The second-order valence-corrected chi connectivity index (χ2v) is 3.18. The summed E-state index contributed by atoms with van der Waals surface area (Å²) in [5.74, 6) is 0.216. The van der Waals surface area contributed by atoms with E-state index in [0.29, 0.717) is 0 Å². The molecule has 0 aromatic carbocycles. The number of rotatable bonds is 1. The normalized spacial score (nSPS) is 30.2. The van der Waals surface area contributed by atoms with Crippen LogP contribution in [0.1, 0.15) is 19.3 Å². The van der Waals surface area contributed by atoms with E-state index in [9.17, 15) is 4.79 Å². The Hall–Kier alpha value is -0.570. The van der Waals surface area contributed by atoms with Gasteiger partial charge in [0.2, 0.25) is 0 Å². The monoisotopic (exact) mass is 155 g/mol. The average Bonchev–Trinajstić information content (AvgIpc) is 2.32. The average molecular weight is 155 g/mol. The van der Waals surface area contributed by atoms with E-state index in [-0.39, 0.29) is 12.0 Å². The summed E-state index contributed by atoms with van der Waals surface area (Å²) < 4.78 is 5.28. The molecule has 11 heavy (non-hydrogen) atoms. The molecule has 3 heteroatoms. The molecule has 1 atom stereocenters. The van der Waals surface area contributed by atoms with Crippen LogP contribution in [0, 0.1) is 0 Å². The van der Waals surface area contributed by atoms with E-state index in [2.05, 4.69) is 0 Å². The quantitative estimate of drug-likeness (QED) is 0.548. The molecule has 0 unspecified atom stereocenters. The largest absolute Gasteiger partial charge is 0.368 e. The lowest BCUT2D eigenvalue weighted by atomic mass is 10.1. The molecule has 2 heterocycles. The van der Waals surface area contributed by atoms with Crippen molar-refractivity contribution in [3.8, 4) is 0 Å². The summed E-state index contributed by atoms with van der Waals surface area (Å²) in [6.45, 7) is 2.65. The molecule has 2 aliphatic rings. The highest BCUT2D eigenvalue weighted by Crippen LogP contribution is 2.17. The van der Waals surface area contributed by atoms with Gasteiger partial charge in [-0.25, -0.2) is 0 Å². The van der Waals surface area contributed by atoms with Crippen molar-refractivity contribution < 1.29 is 9.53 Å². The van der Waals surface area contributed by atoms with E-state index in [0.717, 1.165) is 32.5 Å². The molecule has 0 radical (unpaired) electrons. The molecule has 1 amide bonds. The Morgan fingerprint density at radius 2 is 2.18 bits per heavy atom. The first-order chi connectivity index (χ1) is 5.38. The molecule has 3 nitrogen and oxygen atoms in total. The van der Waals surface area contributed by atoms with Gasteiger partial charge in [-0.15, -0.1) is 0 Å². The molecule has 62 valence electrons. The first-order valence-corrected chi connectivity index (χ1v) is 4.28. The zero-order chi connectivity index (χ0) is 7.68. The first-order valence-electron chi connectivity index (χ1n) is 4.28. The summed E-state index contributed by atoms with van der Waals surface area (Å²) in [6.07, 6.45) is 3.04. The predicted octanol–water partition coefficient (Wildman–Crippen LogP) is 0.398. The van der Waals surface area contributed by atoms with Gasteiger partial charge in [0.05, 0.1) is 0 Å². The van der Waals surface area contributed by atoms with Crippen LogP contribution in [-0.4, -0.2) is 36.6 Å². The van der Waals surface area contributed by atoms with Crippen molar-refractivity contribution in [3.05, 3.63) is 0 Å². The van der Waals surface area contributed by atoms with Gasteiger partial charge >= 0.3 is 0 Å². The Kier molecular flexibility index (Phi) is 1.82. The second kappa shape index (κ2) is 2.81. The lowest BCUT2D eigenvalue weighted by Crippen LogP contribution is -2.47. The van der Waals surface area contributed by atoms with Gasteiger partial charge in [0, 0.05) is 19.7 Å². The topological polar surface area (TPSA) is 29.5 Å². The lowest BCUT2D eigenvalue weighted by molar-refractivity contribution is -0.144. The number of nitrogens with zero attached hydrogens (tertiary/aromatic N) is 1. The van der Waals surface area contributed by atoms with E-state index in [1.165, 1.54) is 6.42 Å². The smallest absolute Gasteiger partial charge is 0.251 e. The van der Waals surface area contributed by atoms with Crippen molar-refractivity contribution in [3.63, 3.8) is 0 Å². The fourth-order valence-electron chi connectivity index (χ4n) is 1.51. The summed E-state index contributed by atoms with van der Waals surface area (Å²) in [7, 11) is 0. The fourth-order valence-corrected chi connectivity index (χ4v) is 1.51. The minimum atomic E-state index is -0.102. The van der Waals surface area contributed by atoms with E-state index < -0.39 is 0 Å². The Balaban J connectivity index is 1.87. The van der Waals surface area contributed by atoms with Gasteiger partial charge < -0.3 is 9.64 Å². The van der Waals surface area contributed by atoms with Crippen LogP contribution in [0.3, 0.4) is 0 Å². The predicted molar refractivity (Wildman–Crippen MR) is 40.2 cm³/mol. The molecular formula is C8H13NO2. The Bertz CT molecular complexity index is 159. The third-order valence-electron chi connectivity index (χ3n) is 2.37. The maximum absolute atomic E-state index is 11.4. The second-order valence-electron chi connectivity index (χ2n) is 3.18. The van der Waals surface area contributed by atoms with Crippen molar-refractivity contribution in [1.82, 2.24) is 4.90 Å². The number of carbonyl (C=O) groups is 1. The van der Waals surface area contributed by atoms with Crippen molar-refractivity contribution in [2.24, 2.45) is 0 Å². The molecule has 2 aliphatic heterocycles.